The van der Waals surface area contributed by atoms with Crippen molar-refractivity contribution in [1.82, 2.24) is 14.3 Å². The van der Waals surface area contributed by atoms with Crippen molar-refractivity contribution < 1.29 is 8.42 Å². The van der Waals surface area contributed by atoms with Gasteiger partial charge in [-0.1, -0.05) is 0 Å². The summed E-state index contributed by atoms with van der Waals surface area (Å²) in [6.45, 7) is 2.41. The summed E-state index contributed by atoms with van der Waals surface area (Å²) in [5.41, 5.74) is 0. The van der Waals surface area contributed by atoms with Crippen molar-refractivity contribution in [2.45, 2.75) is 32.4 Å². The minimum Gasteiger partial charge on any atom is -0.336 e. The molecule has 1 atom stereocenters. The van der Waals surface area contributed by atoms with E-state index in [1.807, 2.05) is 11.5 Å². The van der Waals surface area contributed by atoms with Crippen molar-refractivity contribution in [3.8, 4) is 0 Å². The molecule has 0 bridgehead atoms. The third-order valence-corrected chi connectivity index (χ3v) is 4.08. The summed E-state index contributed by atoms with van der Waals surface area (Å²) in [4.78, 5) is 3.90. The van der Waals surface area contributed by atoms with E-state index in [9.17, 15) is 8.42 Å². The molecule has 98 valence electrons. The van der Waals surface area contributed by atoms with E-state index >= 15 is 0 Å². The third-order valence-electron chi connectivity index (χ3n) is 2.22. The van der Waals surface area contributed by atoms with Crippen LogP contribution in [0.1, 0.15) is 19.8 Å². The summed E-state index contributed by atoms with van der Waals surface area (Å²) in [5, 5.41) is 0. The van der Waals surface area contributed by atoms with Crippen LogP contribution in [-0.4, -0.2) is 35.6 Å². The lowest BCUT2D eigenvalue weighted by atomic mass is 10.4. The fraction of sp³-hybridized carbons (Fsp3) is 0.700. The van der Waals surface area contributed by atoms with Gasteiger partial charge in [-0.2, -0.15) is 0 Å². The Labute approximate surface area is 107 Å². The zero-order valence-corrected chi connectivity index (χ0v) is 11.4. The predicted molar refractivity (Wildman–Crippen MR) is 68.6 cm³/mol. The number of hydrogen-bond donors (Lipinski definition) is 1. The number of nitrogens with zero attached hydrogens (tertiary/aromatic N) is 2. The van der Waals surface area contributed by atoms with Crippen LogP contribution in [0.3, 0.4) is 0 Å². The number of aromatic nitrogens is 2. The highest BCUT2D eigenvalue weighted by atomic mass is 35.5. The molecule has 0 fully saturated rings. The number of halogens is 1. The topological polar surface area (TPSA) is 64.0 Å². The highest BCUT2D eigenvalue weighted by Crippen LogP contribution is 1.99. The van der Waals surface area contributed by atoms with Gasteiger partial charge >= 0.3 is 0 Å². The highest BCUT2D eigenvalue weighted by molar-refractivity contribution is 7.89. The van der Waals surface area contributed by atoms with Gasteiger partial charge in [-0.25, -0.2) is 18.1 Å². The normalized spacial score (nSPS) is 13.8. The molecule has 0 aliphatic carbocycles. The maximum Gasteiger partial charge on any atom is 0.211 e. The summed E-state index contributed by atoms with van der Waals surface area (Å²) >= 11 is 5.51. The lowest BCUT2D eigenvalue weighted by Crippen LogP contribution is -2.36. The average Bonchev–Trinajstić information content (AvgIpc) is 2.69. The fourth-order valence-corrected chi connectivity index (χ4v) is 3.08. The molecule has 0 spiro atoms. The molecular weight excluding hydrogens is 262 g/mol. The Bertz CT molecular complexity index is 405. The van der Waals surface area contributed by atoms with Crippen molar-refractivity contribution >= 4 is 21.6 Å². The molecular formula is C10H18ClN3O2S. The molecule has 5 nitrogen and oxygen atoms in total. The molecule has 7 heteroatoms. The fourth-order valence-electron chi connectivity index (χ4n) is 1.50. The smallest absolute Gasteiger partial charge is 0.211 e. The quantitative estimate of drug-likeness (QED) is 0.575. The Morgan fingerprint density at radius 2 is 2.24 bits per heavy atom. The first-order valence-corrected chi connectivity index (χ1v) is 7.74. The number of hydrogen-bond acceptors (Lipinski definition) is 3. The van der Waals surface area contributed by atoms with Gasteiger partial charge in [0.2, 0.25) is 10.0 Å². The summed E-state index contributed by atoms with van der Waals surface area (Å²) in [7, 11) is -3.20. The van der Waals surface area contributed by atoms with Crippen molar-refractivity contribution in [2.24, 2.45) is 0 Å². The zero-order chi connectivity index (χ0) is 12.7. The largest absolute Gasteiger partial charge is 0.336 e. The first-order valence-electron chi connectivity index (χ1n) is 5.55. The molecule has 1 unspecified atom stereocenters. The second-order valence-electron chi connectivity index (χ2n) is 3.99. The Hall–Kier alpha value is -0.590. The predicted octanol–water partition coefficient (Wildman–Crippen LogP) is 1.21. The summed E-state index contributed by atoms with van der Waals surface area (Å²) in [6.07, 6.45) is 6.45. The van der Waals surface area contributed by atoms with Gasteiger partial charge in [-0.3, -0.25) is 0 Å². The van der Waals surface area contributed by atoms with Gasteiger partial charge in [-0.15, -0.1) is 11.6 Å². The van der Waals surface area contributed by atoms with Crippen LogP contribution in [0.25, 0.3) is 0 Å². The standard InChI is InChI=1S/C10H18ClN3O2S/c1-10(8-14-6-5-12-9-14)13-17(15,16)7-3-2-4-11/h5-6,9-10,13H,2-4,7-8H2,1H3. The van der Waals surface area contributed by atoms with E-state index in [0.717, 1.165) is 6.42 Å². The number of alkyl halides is 1. The molecule has 1 aromatic heterocycles. The van der Waals surface area contributed by atoms with Crippen LogP contribution < -0.4 is 4.72 Å². The number of nitrogens with one attached hydrogen (secondary N) is 1. The summed E-state index contributed by atoms with van der Waals surface area (Å²) in [5.74, 6) is 0.633. The van der Waals surface area contributed by atoms with E-state index in [1.54, 1.807) is 18.7 Å². The van der Waals surface area contributed by atoms with Gasteiger partial charge in [0.25, 0.3) is 0 Å². The number of rotatable bonds is 8. The molecule has 0 aliphatic rings. The van der Waals surface area contributed by atoms with Crippen LogP contribution in [0.15, 0.2) is 18.7 Å². The molecule has 0 radical (unpaired) electrons. The van der Waals surface area contributed by atoms with Gasteiger partial charge < -0.3 is 4.57 Å². The van der Waals surface area contributed by atoms with Crippen molar-refractivity contribution in [2.75, 3.05) is 11.6 Å². The van der Waals surface area contributed by atoms with Gasteiger partial charge in [0.05, 0.1) is 12.1 Å². The van der Waals surface area contributed by atoms with E-state index in [1.165, 1.54) is 0 Å². The molecule has 17 heavy (non-hydrogen) atoms. The van der Waals surface area contributed by atoms with Gasteiger partial charge in [0.15, 0.2) is 0 Å². The zero-order valence-electron chi connectivity index (χ0n) is 9.84. The molecule has 0 saturated carbocycles. The van der Waals surface area contributed by atoms with Gasteiger partial charge in [-0.05, 0) is 19.8 Å². The Kier molecular flexibility index (Phi) is 5.94. The minimum atomic E-state index is -3.20. The van der Waals surface area contributed by atoms with Crippen LogP contribution in [0.5, 0.6) is 0 Å². The number of imidazole rings is 1. The number of sulfonamides is 1. The first-order chi connectivity index (χ1) is 8.03. The van der Waals surface area contributed by atoms with Gasteiger partial charge in [0.1, 0.15) is 0 Å². The maximum atomic E-state index is 11.7. The Morgan fingerprint density at radius 1 is 1.47 bits per heavy atom. The summed E-state index contributed by atoms with van der Waals surface area (Å²) in [6, 6.07) is -0.148. The van der Waals surface area contributed by atoms with Crippen LogP contribution in [-0.2, 0) is 16.6 Å². The average molecular weight is 280 g/mol. The molecule has 0 saturated heterocycles. The first kappa shape index (κ1) is 14.5. The lowest BCUT2D eigenvalue weighted by Gasteiger charge is -2.14. The molecule has 1 rings (SSSR count). The number of unbranched alkanes of at least 4 members (excludes halogenated alkanes) is 1. The third kappa shape index (κ3) is 6.05. The Morgan fingerprint density at radius 3 is 2.82 bits per heavy atom. The second kappa shape index (κ2) is 6.98. The molecule has 0 aliphatic heterocycles. The second-order valence-corrected chi connectivity index (χ2v) is 6.24. The van der Waals surface area contributed by atoms with Crippen molar-refractivity contribution in [1.29, 1.82) is 0 Å². The van der Waals surface area contributed by atoms with E-state index in [-0.39, 0.29) is 11.8 Å². The van der Waals surface area contributed by atoms with Crippen LogP contribution in [0, 0.1) is 0 Å². The van der Waals surface area contributed by atoms with Crippen molar-refractivity contribution in [3.05, 3.63) is 18.7 Å². The SMILES string of the molecule is CC(Cn1ccnc1)NS(=O)(=O)CCCCCl. The molecule has 1 heterocycles. The molecule has 1 aromatic rings. The van der Waals surface area contributed by atoms with Crippen LogP contribution in [0.4, 0.5) is 0 Å². The lowest BCUT2D eigenvalue weighted by molar-refractivity contribution is 0.519. The van der Waals surface area contributed by atoms with E-state index < -0.39 is 10.0 Å². The van der Waals surface area contributed by atoms with E-state index in [4.69, 9.17) is 11.6 Å². The van der Waals surface area contributed by atoms with Crippen molar-refractivity contribution in [3.63, 3.8) is 0 Å². The van der Waals surface area contributed by atoms with E-state index in [2.05, 4.69) is 9.71 Å². The van der Waals surface area contributed by atoms with Gasteiger partial charge in [0, 0.05) is 30.9 Å². The summed E-state index contributed by atoms with van der Waals surface area (Å²) < 4.78 is 27.8. The Balaban J connectivity index is 2.36. The van der Waals surface area contributed by atoms with Crippen LogP contribution in [0.2, 0.25) is 0 Å². The van der Waals surface area contributed by atoms with Crippen LogP contribution >= 0.6 is 11.6 Å². The molecule has 0 amide bonds. The monoisotopic (exact) mass is 279 g/mol. The highest BCUT2D eigenvalue weighted by Gasteiger charge is 2.14. The molecule has 1 N–H and O–H groups in total. The molecule has 0 aromatic carbocycles. The van der Waals surface area contributed by atoms with E-state index in [0.29, 0.717) is 18.8 Å². The minimum absolute atomic E-state index is 0.133. The maximum absolute atomic E-state index is 11.7.